The van der Waals surface area contributed by atoms with Crippen molar-refractivity contribution in [3.63, 3.8) is 0 Å². The number of hydrogen-bond donors (Lipinski definition) is 3. The summed E-state index contributed by atoms with van der Waals surface area (Å²) in [6.45, 7) is 3.16. The Labute approximate surface area is 106 Å². The zero-order valence-corrected chi connectivity index (χ0v) is 10.4. The SMILES string of the molecule is CC(=O)NCC(=O)Nc1cccc2c1CCNC2. The van der Waals surface area contributed by atoms with Crippen LogP contribution in [0.3, 0.4) is 0 Å². The minimum Gasteiger partial charge on any atom is -0.347 e. The molecule has 0 spiro atoms. The third kappa shape index (κ3) is 3.07. The summed E-state index contributed by atoms with van der Waals surface area (Å²) in [5.41, 5.74) is 3.26. The smallest absolute Gasteiger partial charge is 0.243 e. The molecular formula is C13H17N3O2. The van der Waals surface area contributed by atoms with Crippen molar-refractivity contribution in [1.29, 1.82) is 0 Å². The predicted octanol–water partition coefficient (Wildman–Crippen LogP) is 0.407. The highest BCUT2D eigenvalue weighted by Gasteiger charge is 2.13. The second kappa shape index (κ2) is 5.64. The van der Waals surface area contributed by atoms with E-state index in [9.17, 15) is 9.59 Å². The van der Waals surface area contributed by atoms with E-state index in [-0.39, 0.29) is 18.4 Å². The number of rotatable bonds is 3. The number of carbonyl (C=O) groups is 2. The molecule has 1 aliphatic heterocycles. The van der Waals surface area contributed by atoms with Gasteiger partial charge in [0.15, 0.2) is 0 Å². The molecule has 18 heavy (non-hydrogen) atoms. The van der Waals surface area contributed by atoms with Crippen LogP contribution in [0.4, 0.5) is 5.69 Å². The lowest BCUT2D eigenvalue weighted by Crippen LogP contribution is -2.32. The molecule has 1 heterocycles. The molecule has 0 unspecified atom stereocenters. The van der Waals surface area contributed by atoms with Crippen molar-refractivity contribution >= 4 is 17.5 Å². The van der Waals surface area contributed by atoms with E-state index in [1.165, 1.54) is 18.1 Å². The lowest BCUT2D eigenvalue weighted by molar-refractivity contribution is -0.122. The minimum absolute atomic E-state index is 0.0112. The maximum atomic E-state index is 11.7. The van der Waals surface area contributed by atoms with Gasteiger partial charge in [0.25, 0.3) is 0 Å². The van der Waals surface area contributed by atoms with E-state index in [4.69, 9.17) is 0 Å². The van der Waals surface area contributed by atoms with Gasteiger partial charge in [-0.1, -0.05) is 12.1 Å². The molecule has 0 aliphatic carbocycles. The van der Waals surface area contributed by atoms with Crippen LogP contribution in [0.5, 0.6) is 0 Å². The average Bonchev–Trinajstić information content (AvgIpc) is 2.37. The predicted molar refractivity (Wildman–Crippen MR) is 69.2 cm³/mol. The Morgan fingerprint density at radius 1 is 1.39 bits per heavy atom. The van der Waals surface area contributed by atoms with Gasteiger partial charge in [-0.05, 0) is 30.2 Å². The van der Waals surface area contributed by atoms with Gasteiger partial charge in [-0.25, -0.2) is 0 Å². The van der Waals surface area contributed by atoms with Crippen LogP contribution in [-0.2, 0) is 22.6 Å². The first-order valence-electron chi connectivity index (χ1n) is 6.02. The van der Waals surface area contributed by atoms with Crippen molar-refractivity contribution in [2.75, 3.05) is 18.4 Å². The fourth-order valence-corrected chi connectivity index (χ4v) is 2.05. The molecule has 0 saturated heterocycles. The zero-order chi connectivity index (χ0) is 13.0. The average molecular weight is 247 g/mol. The Hall–Kier alpha value is -1.88. The standard InChI is InChI=1S/C13H17N3O2/c1-9(17)15-8-13(18)16-12-4-2-3-10-7-14-6-5-11(10)12/h2-4,14H,5-8H2,1H3,(H,15,17)(H,16,18). The third-order valence-corrected chi connectivity index (χ3v) is 2.91. The van der Waals surface area contributed by atoms with Crippen LogP contribution in [0.25, 0.3) is 0 Å². The Kier molecular flexibility index (Phi) is 3.94. The van der Waals surface area contributed by atoms with Crippen molar-refractivity contribution in [2.24, 2.45) is 0 Å². The maximum Gasteiger partial charge on any atom is 0.243 e. The van der Waals surface area contributed by atoms with Gasteiger partial charge in [0.1, 0.15) is 0 Å². The van der Waals surface area contributed by atoms with Crippen LogP contribution in [0.15, 0.2) is 18.2 Å². The van der Waals surface area contributed by atoms with Crippen LogP contribution in [0, 0.1) is 0 Å². The molecule has 1 aromatic rings. The summed E-state index contributed by atoms with van der Waals surface area (Å²) in [4.78, 5) is 22.4. The Morgan fingerprint density at radius 2 is 2.22 bits per heavy atom. The van der Waals surface area contributed by atoms with Gasteiger partial charge in [-0.2, -0.15) is 0 Å². The number of amides is 2. The summed E-state index contributed by atoms with van der Waals surface area (Å²) in [5.74, 6) is -0.401. The van der Waals surface area contributed by atoms with E-state index in [0.717, 1.165) is 25.2 Å². The van der Waals surface area contributed by atoms with E-state index in [2.05, 4.69) is 22.0 Å². The molecule has 1 aromatic carbocycles. The van der Waals surface area contributed by atoms with Gasteiger partial charge in [0.2, 0.25) is 11.8 Å². The van der Waals surface area contributed by atoms with E-state index in [0.29, 0.717) is 0 Å². The molecule has 5 heteroatoms. The highest BCUT2D eigenvalue weighted by Crippen LogP contribution is 2.22. The second-order valence-electron chi connectivity index (χ2n) is 4.33. The Bertz CT molecular complexity index is 471. The zero-order valence-electron chi connectivity index (χ0n) is 10.4. The normalized spacial score (nSPS) is 13.6. The van der Waals surface area contributed by atoms with Crippen molar-refractivity contribution in [3.8, 4) is 0 Å². The van der Waals surface area contributed by atoms with Gasteiger partial charge < -0.3 is 16.0 Å². The highest BCUT2D eigenvalue weighted by atomic mass is 16.2. The van der Waals surface area contributed by atoms with E-state index < -0.39 is 0 Å². The Morgan fingerprint density at radius 3 is 3.00 bits per heavy atom. The second-order valence-corrected chi connectivity index (χ2v) is 4.33. The number of hydrogen-bond acceptors (Lipinski definition) is 3. The van der Waals surface area contributed by atoms with Gasteiger partial charge in [0.05, 0.1) is 6.54 Å². The van der Waals surface area contributed by atoms with Crippen LogP contribution >= 0.6 is 0 Å². The first-order valence-corrected chi connectivity index (χ1v) is 6.02. The van der Waals surface area contributed by atoms with Crippen LogP contribution in [-0.4, -0.2) is 24.9 Å². The van der Waals surface area contributed by atoms with Gasteiger partial charge in [-0.3, -0.25) is 9.59 Å². The van der Waals surface area contributed by atoms with Crippen LogP contribution in [0.1, 0.15) is 18.1 Å². The largest absolute Gasteiger partial charge is 0.347 e. The summed E-state index contributed by atoms with van der Waals surface area (Å²) in [6.07, 6.45) is 0.909. The fraction of sp³-hybridized carbons (Fsp3) is 0.385. The Balaban J connectivity index is 2.05. The molecule has 2 amide bonds. The summed E-state index contributed by atoms with van der Waals surface area (Å²) < 4.78 is 0. The molecule has 2 rings (SSSR count). The summed E-state index contributed by atoms with van der Waals surface area (Å²) in [5, 5.41) is 8.62. The molecule has 0 radical (unpaired) electrons. The van der Waals surface area contributed by atoms with Crippen molar-refractivity contribution < 1.29 is 9.59 Å². The molecule has 0 fully saturated rings. The lowest BCUT2D eigenvalue weighted by atomic mass is 9.99. The molecule has 5 nitrogen and oxygen atoms in total. The minimum atomic E-state index is -0.204. The third-order valence-electron chi connectivity index (χ3n) is 2.91. The molecule has 0 aromatic heterocycles. The molecule has 3 N–H and O–H groups in total. The molecule has 1 aliphatic rings. The summed E-state index contributed by atoms with van der Waals surface area (Å²) in [6, 6.07) is 5.89. The number of carbonyl (C=O) groups excluding carboxylic acids is 2. The van der Waals surface area contributed by atoms with Crippen LogP contribution < -0.4 is 16.0 Å². The van der Waals surface area contributed by atoms with E-state index in [1.54, 1.807) is 0 Å². The van der Waals surface area contributed by atoms with Gasteiger partial charge in [0, 0.05) is 19.2 Å². The fourth-order valence-electron chi connectivity index (χ4n) is 2.05. The highest BCUT2D eigenvalue weighted by molar-refractivity contribution is 5.95. The van der Waals surface area contributed by atoms with E-state index in [1.807, 2.05) is 12.1 Å². The lowest BCUT2D eigenvalue weighted by Gasteiger charge is -2.20. The molecule has 0 saturated carbocycles. The first-order chi connectivity index (χ1) is 8.66. The van der Waals surface area contributed by atoms with Gasteiger partial charge >= 0.3 is 0 Å². The number of benzene rings is 1. The van der Waals surface area contributed by atoms with Crippen molar-refractivity contribution in [1.82, 2.24) is 10.6 Å². The number of fused-ring (bicyclic) bond motifs is 1. The maximum absolute atomic E-state index is 11.7. The number of anilines is 1. The molecule has 0 atom stereocenters. The molecule has 96 valence electrons. The monoisotopic (exact) mass is 247 g/mol. The quantitative estimate of drug-likeness (QED) is 0.724. The summed E-state index contributed by atoms with van der Waals surface area (Å²) >= 11 is 0. The van der Waals surface area contributed by atoms with Crippen molar-refractivity contribution in [3.05, 3.63) is 29.3 Å². The molecular weight excluding hydrogens is 230 g/mol. The molecule has 0 bridgehead atoms. The number of nitrogens with one attached hydrogen (secondary N) is 3. The van der Waals surface area contributed by atoms with Crippen molar-refractivity contribution in [2.45, 2.75) is 19.9 Å². The summed E-state index contributed by atoms with van der Waals surface area (Å²) in [7, 11) is 0. The van der Waals surface area contributed by atoms with Gasteiger partial charge in [-0.15, -0.1) is 0 Å². The first kappa shape index (κ1) is 12.6. The topological polar surface area (TPSA) is 70.2 Å². The van der Waals surface area contributed by atoms with E-state index >= 15 is 0 Å². The van der Waals surface area contributed by atoms with Crippen LogP contribution in [0.2, 0.25) is 0 Å².